The molecule has 0 aromatic heterocycles. The second-order valence-corrected chi connectivity index (χ2v) is 4.48. The lowest BCUT2D eigenvalue weighted by atomic mass is 10.1. The molecule has 2 aromatic carbocycles. The Labute approximate surface area is 121 Å². The van der Waals surface area contributed by atoms with Crippen LogP contribution in [0, 0.1) is 0 Å². The van der Waals surface area contributed by atoms with E-state index in [0.29, 0.717) is 34.2 Å². The van der Waals surface area contributed by atoms with E-state index >= 15 is 0 Å². The number of hydrogen-bond donors (Lipinski definition) is 2. The number of fused-ring (bicyclic) bond motifs is 1. The molecule has 0 spiro atoms. The summed E-state index contributed by atoms with van der Waals surface area (Å²) >= 11 is 0. The predicted molar refractivity (Wildman–Crippen MR) is 77.9 cm³/mol. The summed E-state index contributed by atoms with van der Waals surface area (Å²) in [6.07, 6.45) is 0. The van der Waals surface area contributed by atoms with Crippen molar-refractivity contribution in [3.8, 4) is 17.2 Å². The van der Waals surface area contributed by atoms with Crippen molar-refractivity contribution in [3.63, 3.8) is 0 Å². The van der Waals surface area contributed by atoms with E-state index < -0.39 is 0 Å². The third-order valence-corrected chi connectivity index (χ3v) is 3.10. The van der Waals surface area contributed by atoms with Crippen molar-refractivity contribution in [2.75, 3.05) is 25.0 Å². The van der Waals surface area contributed by atoms with Gasteiger partial charge in [0.05, 0.1) is 12.7 Å². The summed E-state index contributed by atoms with van der Waals surface area (Å²) < 4.78 is 15.7. The van der Waals surface area contributed by atoms with E-state index in [1.165, 1.54) is 7.11 Å². The average molecular weight is 286 g/mol. The molecule has 6 nitrogen and oxygen atoms in total. The molecule has 0 fully saturated rings. The van der Waals surface area contributed by atoms with Gasteiger partial charge in [-0.1, -0.05) is 0 Å². The lowest BCUT2D eigenvalue weighted by Gasteiger charge is -2.10. The first kappa shape index (κ1) is 13.1. The van der Waals surface area contributed by atoms with Gasteiger partial charge < -0.3 is 25.3 Å². The monoisotopic (exact) mass is 286 g/mol. The third kappa shape index (κ3) is 2.55. The van der Waals surface area contributed by atoms with Gasteiger partial charge in [0.2, 0.25) is 6.79 Å². The number of rotatable bonds is 3. The van der Waals surface area contributed by atoms with Crippen LogP contribution >= 0.6 is 0 Å². The maximum atomic E-state index is 12.3. The van der Waals surface area contributed by atoms with Crippen LogP contribution in [0.2, 0.25) is 0 Å². The lowest BCUT2D eigenvalue weighted by Crippen LogP contribution is -2.13. The molecule has 1 amide bonds. The van der Waals surface area contributed by atoms with Crippen molar-refractivity contribution in [1.82, 2.24) is 0 Å². The summed E-state index contributed by atoms with van der Waals surface area (Å²) in [5, 5.41) is 2.79. The first-order valence-electron chi connectivity index (χ1n) is 6.32. The smallest absolute Gasteiger partial charge is 0.259 e. The quantitative estimate of drug-likeness (QED) is 0.846. The van der Waals surface area contributed by atoms with Crippen molar-refractivity contribution in [2.24, 2.45) is 0 Å². The first-order chi connectivity index (χ1) is 10.2. The molecule has 1 heterocycles. The standard InChI is InChI=1S/C15H14N2O4/c1-19-13-6-9(16)2-4-11(13)15(18)17-10-3-5-12-14(7-10)21-8-20-12/h2-7H,8,16H2,1H3,(H,17,18). The molecule has 0 radical (unpaired) electrons. The number of nitrogens with one attached hydrogen (secondary N) is 1. The van der Waals surface area contributed by atoms with Gasteiger partial charge in [0.25, 0.3) is 5.91 Å². The maximum Gasteiger partial charge on any atom is 0.259 e. The molecular weight excluding hydrogens is 272 g/mol. The van der Waals surface area contributed by atoms with Gasteiger partial charge in [-0.3, -0.25) is 4.79 Å². The fourth-order valence-electron chi connectivity index (χ4n) is 2.07. The molecular formula is C15H14N2O4. The van der Waals surface area contributed by atoms with Crippen LogP contribution in [0.25, 0.3) is 0 Å². The van der Waals surface area contributed by atoms with Crippen LogP contribution < -0.4 is 25.3 Å². The minimum Gasteiger partial charge on any atom is -0.496 e. The Morgan fingerprint density at radius 2 is 2.00 bits per heavy atom. The van der Waals surface area contributed by atoms with E-state index in [1.807, 2.05) is 0 Å². The van der Waals surface area contributed by atoms with Gasteiger partial charge in [0, 0.05) is 23.5 Å². The summed E-state index contributed by atoms with van der Waals surface area (Å²) in [7, 11) is 1.49. The highest BCUT2D eigenvalue weighted by molar-refractivity contribution is 6.06. The summed E-state index contributed by atoms with van der Waals surface area (Å²) in [6, 6.07) is 10.1. The topological polar surface area (TPSA) is 82.8 Å². The molecule has 1 aliphatic heterocycles. The van der Waals surface area contributed by atoms with Gasteiger partial charge >= 0.3 is 0 Å². The van der Waals surface area contributed by atoms with Crippen molar-refractivity contribution in [3.05, 3.63) is 42.0 Å². The van der Waals surface area contributed by atoms with Gasteiger partial charge in [0.15, 0.2) is 11.5 Å². The average Bonchev–Trinajstić information content (AvgIpc) is 2.94. The number of benzene rings is 2. The Bertz CT molecular complexity index is 700. The van der Waals surface area contributed by atoms with Crippen LogP contribution in [-0.2, 0) is 0 Å². The van der Waals surface area contributed by atoms with E-state index in [4.69, 9.17) is 19.9 Å². The second kappa shape index (κ2) is 5.24. The maximum absolute atomic E-state index is 12.3. The van der Waals surface area contributed by atoms with Crippen molar-refractivity contribution in [2.45, 2.75) is 0 Å². The number of anilines is 2. The third-order valence-electron chi connectivity index (χ3n) is 3.10. The van der Waals surface area contributed by atoms with Crippen LogP contribution in [0.5, 0.6) is 17.2 Å². The van der Waals surface area contributed by atoms with E-state index in [2.05, 4.69) is 5.32 Å². The van der Waals surface area contributed by atoms with Gasteiger partial charge in [-0.15, -0.1) is 0 Å². The Hall–Kier alpha value is -2.89. The Morgan fingerprint density at radius 1 is 1.19 bits per heavy atom. The number of carbonyl (C=O) groups is 1. The van der Waals surface area contributed by atoms with Crippen LogP contribution in [0.4, 0.5) is 11.4 Å². The molecule has 6 heteroatoms. The van der Waals surface area contributed by atoms with E-state index in [1.54, 1.807) is 36.4 Å². The van der Waals surface area contributed by atoms with Crippen LogP contribution in [0.15, 0.2) is 36.4 Å². The number of ether oxygens (including phenoxy) is 3. The molecule has 2 aromatic rings. The molecule has 108 valence electrons. The van der Waals surface area contributed by atoms with E-state index in [9.17, 15) is 4.79 Å². The lowest BCUT2D eigenvalue weighted by molar-refractivity contribution is 0.102. The highest BCUT2D eigenvalue weighted by Crippen LogP contribution is 2.34. The number of carbonyl (C=O) groups excluding carboxylic acids is 1. The second-order valence-electron chi connectivity index (χ2n) is 4.48. The fraction of sp³-hybridized carbons (Fsp3) is 0.133. The minimum atomic E-state index is -0.286. The molecule has 0 unspecified atom stereocenters. The largest absolute Gasteiger partial charge is 0.496 e. The van der Waals surface area contributed by atoms with Crippen molar-refractivity contribution < 1.29 is 19.0 Å². The van der Waals surface area contributed by atoms with Gasteiger partial charge in [-0.2, -0.15) is 0 Å². The zero-order valence-corrected chi connectivity index (χ0v) is 11.4. The predicted octanol–water partition coefficient (Wildman–Crippen LogP) is 2.26. The van der Waals surface area contributed by atoms with Gasteiger partial charge in [-0.05, 0) is 24.3 Å². The highest BCUT2D eigenvalue weighted by Gasteiger charge is 2.16. The summed E-state index contributed by atoms with van der Waals surface area (Å²) in [6.45, 7) is 0.193. The zero-order chi connectivity index (χ0) is 14.8. The van der Waals surface area contributed by atoms with Crippen LogP contribution in [0.3, 0.4) is 0 Å². The normalized spacial score (nSPS) is 12.0. The minimum absolute atomic E-state index is 0.193. The number of hydrogen-bond acceptors (Lipinski definition) is 5. The summed E-state index contributed by atoms with van der Waals surface area (Å²) in [5.74, 6) is 1.41. The van der Waals surface area contributed by atoms with Crippen molar-refractivity contribution >= 4 is 17.3 Å². The number of methoxy groups -OCH3 is 1. The Kier molecular flexibility index (Phi) is 3.27. The molecule has 0 aliphatic carbocycles. The molecule has 0 bridgehead atoms. The number of amides is 1. The SMILES string of the molecule is COc1cc(N)ccc1C(=O)Nc1ccc2c(c1)OCO2. The summed E-state index contributed by atoms with van der Waals surface area (Å²) in [4.78, 5) is 12.3. The molecule has 3 rings (SSSR count). The number of nitrogens with two attached hydrogens (primary N) is 1. The van der Waals surface area contributed by atoms with Crippen molar-refractivity contribution in [1.29, 1.82) is 0 Å². The van der Waals surface area contributed by atoms with E-state index in [0.717, 1.165) is 0 Å². The fourth-order valence-corrected chi connectivity index (χ4v) is 2.07. The first-order valence-corrected chi connectivity index (χ1v) is 6.32. The molecule has 0 saturated carbocycles. The zero-order valence-electron chi connectivity index (χ0n) is 11.4. The van der Waals surface area contributed by atoms with Gasteiger partial charge in [-0.25, -0.2) is 0 Å². The highest BCUT2D eigenvalue weighted by atomic mass is 16.7. The van der Waals surface area contributed by atoms with Crippen LogP contribution in [-0.4, -0.2) is 19.8 Å². The molecule has 0 atom stereocenters. The molecule has 21 heavy (non-hydrogen) atoms. The Morgan fingerprint density at radius 3 is 2.81 bits per heavy atom. The van der Waals surface area contributed by atoms with Crippen LogP contribution in [0.1, 0.15) is 10.4 Å². The summed E-state index contributed by atoms with van der Waals surface area (Å²) in [5.41, 5.74) is 7.23. The molecule has 1 aliphatic rings. The van der Waals surface area contributed by atoms with E-state index in [-0.39, 0.29) is 12.7 Å². The molecule has 3 N–H and O–H groups in total. The molecule has 0 saturated heterocycles. The Balaban J connectivity index is 1.83. The van der Waals surface area contributed by atoms with Gasteiger partial charge in [0.1, 0.15) is 5.75 Å². The number of nitrogen functional groups attached to an aromatic ring is 1.